The Morgan fingerprint density at radius 3 is 2.61 bits per heavy atom. The average Bonchev–Trinajstić information content (AvgIpc) is 3.01. The third-order valence-electron chi connectivity index (χ3n) is 4.13. The van der Waals surface area contributed by atoms with Gasteiger partial charge in [0.15, 0.2) is 0 Å². The van der Waals surface area contributed by atoms with Crippen molar-refractivity contribution < 1.29 is 4.79 Å². The molecule has 2 aromatic rings. The number of benzene rings is 1. The van der Waals surface area contributed by atoms with Crippen molar-refractivity contribution in [2.24, 2.45) is 0 Å². The summed E-state index contributed by atoms with van der Waals surface area (Å²) < 4.78 is 1.94. The molecule has 1 aliphatic rings. The molecular formula is C17H23N5O. The van der Waals surface area contributed by atoms with Crippen molar-refractivity contribution in [3.8, 4) is 5.69 Å². The highest BCUT2D eigenvalue weighted by Crippen LogP contribution is 2.12. The first-order valence-corrected chi connectivity index (χ1v) is 8.11. The van der Waals surface area contributed by atoms with Crippen molar-refractivity contribution in [3.05, 3.63) is 42.5 Å². The predicted octanol–water partition coefficient (Wildman–Crippen LogP) is 1.41. The zero-order valence-corrected chi connectivity index (χ0v) is 13.6. The van der Waals surface area contributed by atoms with E-state index in [1.54, 1.807) is 6.33 Å². The number of aryl methyl sites for hydroxylation is 1. The van der Waals surface area contributed by atoms with Crippen LogP contribution in [0.25, 0.3) is 5.69 Å². The van der Waals surface area contributed by atoms with E-state index in [1.807, 2.05) is 39.8 Å². The molecule has 2 atom stereocenters. The lowest BCUT2D eigenvalue weighted by Gasteiger charge is -2.36. The summed E-state index contributed by atoms with van der Waals surface area (Å²) in [6.45, 7) is 5.77. The highest BCUT2D eigenvalue weighted by Gasteiger charge is 2.24. The lowest BCUT2D eigenvalue weighted by molar-refractivity contribution is -0.132. The monoisotopic (exact) mass is 313 g/mol. The van der Waals surface area contributed by atoms with Crippen molar-refractivity contribution in [1.29, 1.82) is 0 Å². The van der Waals surface area contributed by atoms with E-state index < -0.39 is 0 Å². The van der Waals surface area contributed by atoms with Crippen molar-refractivity contribution in [3.63, 3.8) is 0 Å². The maximum absolute atomic E-state index is 12.5. The van der Waals surface area contributed by atoms with Gasteiger partial charge in [-0.25, -0.2) is 0 Å². The Morgan fingerprint density at radius 1 is 1.22 bits per heavy atom. The third-order valence-corrected chi connectivity index (χ3v) is 4.13. The van der Waals surface area contributed by atoms with Gasteiger partial charge in [-0.2, -0.15) is 0 Å². The van der Waals surface area contributed by atoms with Crippen molar-refractivity contribution >= 4 is 5.91 Å². The quantitative estimate of drug-likeness (QED) is 0.927. The Labute approximate surface area is 136 Å². The summed E-state index contributed by atoms with van der Waals surface area (Å²) >= 11 is 0. The molecule has 1 aromatic heterocycles. The van der Waals surface area contributed by atoms with E-state index in [9.17, 15) is 4.79 Å². The van der Waals surface area contributed by atoms with Gasteiger partial charge >= 0.3 is 0 Å². The van der Waals surface area contributed by atoms with Crippen LogP contribution in [0.1, 0.15) is 26.1 Å². The Bertz CT molecular complexity index is 644. The second-order valence-corrected chi connectivity index (χ2v) is 6.22. The number of amides is 1. The number of nitrogens with zero attached hydrogens (tertiary/aromatic N) is 4. The van der Waals surface area contributed by atoms with Crippen molar-refractivity contribution in [1.82, 2.24) is 25.0 Å². The third kappa shape index (κ3) is 3.76. The lowest BCUT2D eigenvalue weighted by Crippen LogP contribution is -2.55. The van der Waals surface area contributed by atoms with Gasteiger partial charge in [-0.3, -0.25) is 9.36 Å². The van der Waals surface area contributed by atoms with Gasteiger partial charge in [0, 0.05) is 43.7 Å². The number of nitrogens with one attached hydrogen (secondary N) is 1. The summed E-state index contributed by atoms with van der Waals surface area (Å²) in [7, 11) is 0. The van der Waals surface area contributed by atoms with Gasteiger partial charge < -0.3 is 10.2 Å². The molecule has 0 spiro atoms. The van der Waals surface area contributed by atoms with Gasteiger partial charge in [-0.1, -0.05) is 18.2 Å². The molecule has 0 bridgehead atoms. The smallest absolute Gasteiger partial charge is 0.223 e. The molecular weight excluding hydrogens is 290 g/mol. The molecule has 1 N–H and O–H groups in total. The highest BCUT2D eigenvalue weighted by atomic mass is 16.2. The van der Waals surface area contributed by atoms with Gasteiger partial charge in [0.1, 0.15) is 12.2 Å². The molecule has 0 radical (unpaired) electrons. The van der Waals surface area contributed by atoms with E-state index in [2.05, 4.69) is 29.4 Å². The predicted molar refractivity (Wildman–Crippen MR) is 88.3 cm³/mol. The molecule has 1 aliphatic heterocycles. The molecule has 1 saturated heterocycles. The number of carbonyl (C=O) groups excluding carboxylic acids is 1. The van der Waals surface area contributed by atoms with Crippen LogP contribution in [0.5, 0.6) is 0 Å². The van der Waals surface area contributed by atoms with Crippen LogP contribution in [0.2, 0.25) is 0 Å². The molecule has 1 fully saturated rings. The number of carbonyl (C=O) groups is 1. The van der Waals surface area contributed by atoms with Crippen LogP contribution in [0.15, 0.2) is 36.7 Å². The molecule has 6 heteroatoms. The van der Waals surface area contributed by atoms with E-state index in [-0.39, 0.29) is 5.91 Å². The number of piperazine rings is 1. The number of hydrogen-bond donors (Lipinski definition) is 1. The number of rotatable bonds is 4. The van der Waals surface area contributed by atoms with Crippen LogP contribution >= 0.6 is 0 Å². The zero-order chi connectivity index (χ0) is 16.2. The van der Waals surface area contributed by atoms with Crippen LogP contribution < -0.4 is 5.32 Å². The molecule has 0 unspecified atom stereocenters. The first-order valence-electron chi connectivity index (χ1n) is 8.11. The fourth-order valence-corrected chi connectivity index (χ4v) is 3.14. The number of para-hydroxylation sites is 1. The van der Waals surface area contributed by atoms with Crippen LogP contribution in [0, 0.1) is 0 Å². The Morgan fingerprint density at radius 2 is 1.91 bits per heavy atom. The zero-order valence-electron chi connectivity index (χ0n) is 13.6. The molecule has 122 valence electrons. The van der Waals surface area contributed by atoms with Crippen molar-refractivity contribution in [2.75, 3.05) is 13.1 Å². The Kier molecular flexibility index (Phi) is 4.71. The molecule has 1 aromatic carbocycles. The van der Waals surface area contributed by atoms with Gasteiger partial charge in [0.2, 0.25) is 5.91 Å². The summed E-state index contributed by atoms with van der Waals surface area (Å²) in [6, 6.07) is 10.6. The van der Waals surface area contributed by atoms with E-state index in [1.165, 1.54) is 0 Å². The standard InChI is InChI=1S/C17H23N5O/c1-13-10-21(11-14(2)19-13)17(23)9-8-16-20-18-12-22(16)15-6-4-3-5-7-15/h3-7,12-14,19H,8-11H2,1-2H3/t13-,14-/m1/s1. The highest BCUT2D eigenvalue weighted by molar-refractivity contribution is 5.76. The van der Waals surface area contributed by atoms with E-state index in [0.29, 0.717) is 24.9 Å². The molecule has 3 rings (SSSR count). The Balaban J connectivity index is 1.63. The molecule has 2 heterocycles. The molecule has 0 saturated carbocycles. The van der Waals surface area contributed by atoms with E-state index in [0.717, 1.165) is 24.6 Å². The number of aromatic nitrogens is 3. The second kappa shape index (κ2) is 6.91. The fraction of sp³-hybridized carbons (Fsp3) is 0.471. The summed E-state index contributed by atoms with van der Waals surface area (Å²) in [4.78, 5) is 14.4. The van der Waals surface area contributed by atoms with Crippen LogP contribution in [-0.2, 0) is 11.2 Å². The maximum Gasteiger partial charge on any atom is 0.223 e. The van der Waals surface area contributed by atoms with Gasteiger partial charge in [0.25, 0.3) is 0 Å². The largest absolute Gasteiger partial charge is 0.340 e. The molecule has 0 aliphatic carbocycles. The summed E-state index contributed by atoms with van der Waals surface area (Å²) in [5.41, 5.74) is 1.02. The minimum absolute atomic E-state index is 0.188. The van der Waals surface area contributed by atoms with Crippen LogP contribution in [0.4, 0.5) is 0 Å². The molecule has 1 amide bonds. The maximum atomic E-state index is 12.5. The van der Waals surface area contributed by atoms with E-state index in [4.69, 9.17) is 0 Å². The summed E-state index contributed by atoms with van der Waals surface area (Å²) in [6.07, 6.45) is 2.76. The SMILES string of the molecule is C[C@@H]1CN(C(=O)CCc2nncn2-c2ccccc2)C[C@@H](C)N1. The normalized spacial score (nSPS) is 21.4. The van der Waals surface area contributed by atoms with Crippen LogP contribution in [-0.4, -0.2) is 50.7 Å². The van der Waals surface area contributed by atoms with Crippen molar-refractivity contribution in [2.45, 2.75) is 38.8 Å². The first kappa shape index (κ1) is 15.7. The van der Waals surface area contributed by atoms with Gasteiger partial charge in [-0.15, -0.1) is 10.2 Å². The summed E-state index contributed by atoms with van der Waals surface area (Å²) in [5.74, 6) is 1.01. The topological polar surface area (TPSA) is 63.1 Å². The van der Waals surface area contributed by atoms with Gasteiger partial charge in [0.05, 0.1) is 0 Å². The second-order valence-electron chi connectivity index (χ2n) is 6.22. The lowest BCUT2D eigenvalue weighted by atomic mass is 10.1. The molecule has 23 heavy (non-hydrogen) atoms. The number of hydrogen-bond acceptors (Lipinski definition) is 4. The summed E-state index contributed by atoms with van der Waals surface area (Å²) in [5, 5.41) is 11.6. The molecule has 6 nitrogen and oxygen atoms in total. The Hall–Kier alpha value is -2.21. The first-order chi connectivity index (χ1) is 11.1. The fourth-order valence-electron chi connectivity index (χ4n) is 3.14. The van der Waals surface area contributed by atoms with E-state index >= 15 is 0 Å². The average molecular weight is 313 g/mol. The minimum Gasteiger partial charge on any atom is -0.340 e. The van der Waals surface area contributed by atoms with Crippen LogP contribution in [0.3, 0.4) is 0 Å². The minimum atomic E-state index is 0.188. The van der Waals surface area contributed by atoms with Gasteiger partial charge in [-0.05, 0) is 26.0 Å².